The fourth-order valence-corrected chi connectivity index (χ4v) is 2.76. The monoisotopic (exact) mass is 184 g/mol. The summed E-state index contributed by atoms with van der Waals surface area (Å²) in [5.74, 6) is 0.000000000000000333. The van der Waals surface area contributed by atoms with Crippen molar-refractivity contribution < 1.29 is 9.90 Å². The highest BCUT2D eigenvalue weighted by molar-refractivity contribution is 5.67. The maximum absolute atomic E-state index is 10.7. The van der Waals surface area contributed by atoms with E-state index in [-0.39, 0.29) is 5.41 Å². The maximum atomic E-state index is 10.7. The Bertz CT molecular complexity index is 179. The minimum atomic E-state index is -0.623. The lowest BCUT2D eigenvalue weighted by Gasteiger charge is -2.28. The van der Waals surface area contributed by atoms with Gasteiger partial charge in [0.25, 0.3) is 0 Å². The highest BCUT2D eigenvalue weighted by Crippen LogP contribution is 2.45. The third-order valence-corrected chi connectivity index (χ3v) is 3.03. The molecule has 0 amide bonds. The molecule has 0 atom stereocenters. The van der Waals surface area contributed by atoms with Crippen LogP contribution in [0.3, 0.4) is 0 Å². The Labute approximate surface area is 80.3 Å². The number of hydrogen-bond donors (Lipinski definition) is 1. The topological polar surface area (TPSA) is 37.3 Å². The van der Waals surface area contributed by atoms with Gasteiger partial charge in [0.2, 0.25) is 0 Å². The molecule has 1 aliphatic carbocycles. The highest BCUT2D eigenvalue weighted by atomic mass is 16.4. The number of rotatable bonds is 4. The molecule has 0 spiro atoms. The van der Waals surface area contributed by atoms with Crippen molar-refractivity contribution in [2.24, 2.45) is 11.3 Å². The summed E-state index contributed by atoms with van der Waals surface area (Å²) in [6, 6.07) is 0. The second-order valence-corrected chi connectivity index (χ2v) is 4.88. The molecular formula is C11H20O2. The van der Waals surface area contributed by atoms with Gasteiger partial charge in [-0.1, -0.05) is 26.7 Å². The standard InChI is InChI=1S/C11H20O2/c1-9(2)7-11(8-10(12)13)5-3-4-6-11/h9H,3-8H2,1-2H3,(H,12,13). The molecule has 1 rings (SSSR count). The summed E-state index contributed by atoms with van der Waals surface area (Å²) >= 11 is 0. The van der Waals surface area contributed by atoms with E-state index >= 15 is 0 Å². The predicted molar refractivity (Wildman–Crippen MR) is 52.6 cm³/mol. The zero-order valence-corrected chi connectivity index (χ0v) is 8.68. The third-order valence-electron chi connectivity index (χ3n) is 3.03. The molecule has 1 aliphatic rings. The number of carboxylic acid groups (broad SMARTS) is 1. The SMILES string of the molecule is CC(C)CC1(CC(=O)O)CCCC1. The van der Waals surface area contributed by atoms with E-state index in [1.165, 1.54) is 12.8 Å². The first-order valence-corrected chi connectivity index (χ1v) is 5.26. The quantitative estimate of drug-likeness (QED) is 0.729. The van der Waals surface area contributed by atoms with E-state index < -0.39 is 5.97 Å². The van der Waals surface area contributed by atoms with Gasteiger partial charge in [0.1, 0.15) is 0 Å². The molecule has 2 nitrogen and oxygen atoms in total. The van der Waals surface area contributed by atoms with Crippen LogP contribution in [0.15, 0.2) is 0 Å². The van der Waals surface area contributed by atoms with Crippen molar-refractivity contribution in [1.29, 1.82) is 0 Å². The Hall–Kier alpha value is -0.530. The molecule has 2 heteroatoms. The summed E-state index contributed by atoms with van der Waals surface area (Å²) in [6.45, 7) is 4.36. The van der Waals surface area contributed by atoms with E-state index in [0.29, 0.717) is 12.3 Å². The van der Waals surface area contributed by atoms with E-state index in [1.807, 2.05) is 0 Å². The van der Waals surface area contributed by atoms with E-state index in [9.17, 15) is 4.79 Å². The number of hydrogen-bond acceptors (Lipinski definition) is 1. The summed E-state index contributed by atoms with van der Waals surface area (Å²) < 4.78 is 0. The smallest absolute Gasteiger partial charge is 0.303 e. The molecule has 1 fully saturated rings. The summed E-state index contributed by atoms with van der Waals surface area (Å²) in [6.07, 6.45) is 6.15. The first-order valence-electron chi connectivity index (χ1n) is 5.26. The molecule has 0 saturated heterocycles. The van der Waals surface area contributed by atoms with Gasteiger partial charge in [-0.2, -0.15) is 0 Å². The number of carboxylic acids is 1. The first-order chi connectivity index (χ1) is 6.04. The lowest BCUT2D eigenvalue weighted by molar-refractivity contribution is -0.140. The molecule has 76 valence electrons. The summed E-state index contributed by atoms with van der Waals surface area (Å²) in [4.78, 5) is 10.7. The summed E-state index contributed by atoms with van der Waals surface area (Å²) in [5.41, 5.74) is 0.139. The van der Waals surface area contributed by atoms with E-state index in [1.54, 1.807) is 0 Å². The fraction of sp³-hybridized carbons (Fsp3) is 0.909. The van der Waals surface area contributed by atoms with Crippen LogP contribution in [0.2, 0.25) is 0 Å². The van der Waals surface area contributed by atoms with E-state index in [2.05, 4.69) is 13.8 Å². The molecule has 13 heavy (non-hydrogen) atoms. The third kappa shape index (κ3) is 3.02. The van der Waals surface area contributed by atoms with Crippen LogP contribution in [-0.2, 0) is 4.79 Å². The van der Waals surface area contributed by atoms with Gasteiger partial charge in [0, 0.05) is 0 Å². The van der Waals surface area contributed by atoms with Crippen LogP contribution < -0.4 is 0 Å². The van der Waals surface area contributed by atoms with Gasteiger partial charge in [0.15, 0.2) is 0 Å². The van der Waals surface area contributed by atoms with Crippen molar-refractivity contribution in [2.45, 2.75) is 52.4 Å². The molecule has 0 bridgehead atoms. The normalized spacial score (nSPS) is 20.8. The van der Waals surface area contributed by atoms with Gasteiger partial charge >= 0.3 is 5.97 Å². The molecule has 0 aliphatic heterocycles. The van der Waals surface area contributed by atoms with Gasteiger partial charge in [0.05, 0.1) is 6.42 Å². The van der Waals surface area contributed by atoms with Crippen molar-refractivity contribution in [3.8, 4) is 0 Å². The van der Waals surface area contributed by atoms with Gasteiger partial charge < -0.3 is 5.11 Å². The van der Waals surface area contributed by atoms with Crippen LogP contribution in [0, 0.1) is 11.3 Å². The Morgan fingerprint density at radius 2 is 1.92 bits per heavy atom. The van der Waals surface area contributed by atoms with Crippen LogP contribution >= 0.6 is 0 Å². The van der Waals surface area contributed by atoms with Crippen LogP contribution in [0.25, 0.3) is 0 Å². The minimum absolute atomic E-state index is 0.139. The number of carbonyl (C=O) groups is 1. The zero-order valence-electron chi connectivity index (χ0n) is 8.68. The van der Waals surface area contributed by atoms with Crippen molar-refractivity contribution in [3.05, 3.63) is 0 Å². The summed E-state index contributed by atoms with van der Waals surface area (Å²) in [7, 11) is 0. The highest BCUT2D eigenvalue weighted by Gasteiger charge is 2.36. The molecule has 0 heterocycles. The van der Waals surface area contributed by atoms with Crippen molar-refractivity contribution in [2.75, 3.05) is 0 Å². The number of aliphatic carboxylic acids is 1. The molecule has 1 saturated carbocycles. The average Bonchev–Trinajstić information content (AvgIpc) is 2.33. The molecule has 0 unspecified atom stereocenters. The van der Waals surface area contributed by atoms with Crippen LogP contribution in [0.1, 0.15) is 52.4 Å². The largest absolute Gasteiger partial charge is 0.481 e. The van der Waals surface area contributed by atoms with Gasteiger partial charge in [-0.25, -0.2) is 0 Å². The molecular weight excluding hydrogens is 164 g/mol. The second-order valence-electron chi connectivity index (χ2n) is 4.88. The van der Waals surface area contributed by atoms with Crippen molar-refractivity contribution in [3.63, 3.8) is 0 Å². The molecule has 1 N–H and O–H groups in total. The van der Waals surface area contributed by atoms with E-state index in [0.717, 1.165) is 19.3 Å². The maximum Gasteiger partial charge on any atom is 0.303 e. The molecule has 0 radical (unpaired) electrons. The van der Waals surface area contributed by atoms with Crippen LogP contribution in [-0.4, -0.2) is 11.1 Å². The fourth-order valence-electron chi connectivity index (χ4n) is 2.76. The Morgan fingerprint density at radius 1 is 1.38 bits per heavy atom. The molecule has 0 aromatic rings. The summed E-state index contributed by atoms with van der Waals surface area (Å²) in [5, 5.41) is 8.85. The van der Waals surface area contributed by atoms with E-state index in [4.69, 9.17) is 5.11 Å². The first kappa shape index (κ1) is 10.6. The van der Waals surface area contributed by atoms with Crippen molar-refractivity contribution >= 4 is 5.97 Å². The van der Waals surface area contributed by atoms with Crippen molar-refractivity contribution in [1.82, 2.24) is 0 Å². The molecule has 0 aromatic heterocycles. The lowest BCUT2D eigenvalue weighted by atomic mass is 9.76. The average molecular weight is 184 g/mol. The Balaban J connectivity index is 2.57. The second kappa shape index (κ2) is 4.12. The van der Waals surface area contributed by atoms with Gasteiger partial charge in [-0.3, -0.25) is 4.79 Å². The lowest BCUT2D eigenvalue weighted by Crippen LogP contribution is -2.22. The molecule has 0 aromatic carbocycles. The zero-order chi connectivity index (χ0) is 9.90. The van der Waals surface area contributed by atoms with Gasteiger partial charge in [-0.15, -0.1) is 0 Å². The predicted octanol–water partition coefficient (Wildman–Crippen LogP) is 3.07. The Morgan fingerprint density at radius 3 is 2.31 bits per heavy atom. The minimum Gasteiger partial charge on any atom is -0.481 e. The van der Waals surface area contributed by atoms with Crippen LogP contribution in [0.5, 0.6) is 0 Å². The van der Waals surface area contributed by atoms with Gasteiger partial charge in [-0.05, 0) is 30.6 Å². The Kier molecular flexibility index (Phi) is 3.34. The van der Waals surface area contributed by atoms with Crippen LogP contribution in [0.4, 0.5) is 0 Å².